The number of alkyl halides is 6. The van der Waals surface area contributed by atoms with E-state index >= 15 is 0 Å². The van der Waals surface area contributed by atoms with Crippen LogP contribution in [0.1, 0.15) is 81.1 Å². The van der Waals surface area contributed by atoms with Crippen LogP contribution in [-0.4, -0.2) is 91.0 Å². The Morgan fingerprint density at radius 2 is 1.42 bits per heavy atom. The summed E-state index contributed by atoms with van der Waals surface area (Å²) in [6.07, 6.45) is -12.6. The van der Waals surface area contributed by atoms with Crippen molar-refractivity contribution in [3.05, 3.63) is 0 Å². The quantitative estimate of drug-likeness (QED) is 0.0717. The number of carbonyl (C=O) groups is 3. The number of rotatable bonds is 18. The Morgan fingerprint density at radius 3 is 1.87 bits per heavy atom. The van der Waals surface area contributed by atoms with E-state index in [1.807, 2.05) is 0 Å². The summed E-state index contributed by atoms with van der Waals surface area (Å²) in [4.78, 5) is 39.6. The molecule has 5 atom stereocenters. The minimum absolute atomic E-state index is 0.00774. The van der Waals surface area contributed by atoms with Gasteiger partial charge in [0, 0.05) is 18.9 Å². The van der Waals surface area contributed by atoms with E-state index in [0.717, 1.165) is 6.92 Å². The highest BCUT2D eigenvalue weighted by Crippen LogP contribution is 2.43. The molecular formula is C27H46F6N2O9S. The second-order valence-corrected chi connectivity index (χ2v) is 14.4. The zero-order valence-corrected chi connectivity index (χ0v) is 27.6. The van der Waals surface area contributed by atoms with Gasteiger partial charge < -0.3 is 25.2 Å². The molecule has 0 fully saturated rings. The van der Waals surface area contributed by atoms with Gasteiger partial charge in [0.25, 0.3) is 10.1 Å². The Balaban J connectivity index is 6.10. The van der Waals surface area contributed by atoms with E-state index in [1.54, 1.807) is 6.92 Å². The lowest BCUT2D eigenvalue weighted by Crippen LogP contribution is -2.51. The average Bonchev–Trinajstić information content (AvgIpc) is 2.79. The Hall–Kier alpha value is -2.18. The van der Waals surface area contributed by atoms with Crippen molar-refractivity contribution in [2.45, 2.75) is 111 Å². The summed E-state index contributed by atoms with van der Waals surface area (Å²) in [5.41, 5.74) is -7.85. The van der Waals surface area contributed by atoms with E-state index in [0.29, 0.717) is 6.92 Å². The molecule has 266 valence electrons. The number of esters is 2. The topological polar surface area (TPSA) is 168 Å². The molecule has 0 heterocycles. The molecular weight excluding hydrogens is 642 g/mol. The maximum absolute atomic E-state index is 13.4. The Bertz CT molecular complexity index is 1130. The van der Waals surface area contributed by atoms with Crippen LogP contribution in [0.4, 0.5) is 26.3 Å². The molecule has 18 heteroatoms. The maximum atomic E-state index is 13.4. The smallest absolute Gasteiger partial charge is 0.417 e. The van der Waals surface area contributed by atoms with Gasteiger partial charge in [0.15, 0.2) is 5.60 Å². The minimum Gasteiger partial charge on any atom is -0.464 e. The summed E-state index contributed by atoms with van der Waals surface area (Å²) in [7, 11) is -4.49. The molecule has 0 aliphatic carbocycles. The zero-order valence-electron chi connectivity index (χ0n) is 26.7. The molecule has 0 aromatic rings. The number of nitrogens with one attached hydrogen (secondary N) is 2. The predicted molar refractivity (Wildman–Crippen MR) is 150 cm³/mol. The first kappa shape index (κ1) is 42.8. The van der Waals surface area contributed by atoms with Gasteiger partial charge in [-0.2, -0.15) is 34.8 Å². The second-order valence-electron chi connectivity index (χ2n) is 13.0. The molecule has 1 amide bonds. The molecule has 0 aromatic carbocycles. The first-order chi connectivity index (χ1) is 19.9. The van der Waals surface area contributed by atoms with Crippen molar-refractivity contribution < 1.29 is 68.3 Å². The number of carbonyl (C=O) groups excluding carboxylic acids is 3. The van der Waals surface area contributed by atoms with Crippen molar-refractivity contribution in [2.75, 3.05) is 25.4 Å². The Morgan fingerprint density at radius 1 is 0.889 bits per heavy atom. The fourth-order valence-electron chi connectivity index (χ4n) is 4.81. The van der Waals surface area contributed by atoms with Crippen molar-refractivity contribution in [1.82, 2.24) is 10.6 Å². The van der Waals surface area contributed by atoms with Gasteiger partial charge in [-0.3, -0.25) is 18.9 Å². The number of amides is 1. The van der Waals surface area contributed by atoms with Gasteiger partial charge in [0.05, 0.1) is 28.7 Å². The van der Waals surface area contributed by atoms with Crippen LogP contribution in [0.25, 0.3) is 0 Å². The van der Waals surface area contributed by atoms with E-state index in [-0.39, 0.29) is 25.8 Å². The molecule has 5 unspecified atom stereocenters. The molecule has 0 aliphatic heterocycles. The monoisotopic (exact) mass is 688 g/mol. The molecule has 0 saturated carbocycles. The summed E-state index contributed by atoms with van der Waals surface area (Å²) in [5.74, 6) is -4.62. The normalized spacial score (nSPS) is 18.5. The van der Waals surface area contributed by atoms with E-state index < -0.39 is 99.6 Å². The number of hydrogen-bond acceptors (Lipinski definition) is 9. The van der Waals surface area contributed by atoms with E-state index in [1.165, 1.54) is 34.6 Å². The molecule has 0 bridgehead atoms. The van der Waals surface area contributed by atoms with Crippen molar-refractivity contribution >= 4 is 28.0 Å². The predicted octanol–water partition coefficient (Wildman–Crippen LogP) is 3.94. The molecule has 0 radical (unpaired) electrons. The molecule has 0 rings (SSSR count). The van der Waals surface area contributed by atoms with Gasteiger partial charge >= 0.3 is 24.3 Å². The third-order valence-corrected chi connectivity index (χ3v) is 8.28. The number of aliphatic hydroxyl groups is 1. The first-order valence-corrected chi connectivity index (χ1v) is 15.7. The highest BCUT2D eigenvalue weighted by atomic mass is 32.2. The molecule has 0 saturated heterocycles. The van der Waals surface area contributed by atoms with Gasteiger partial charge in [-0.1, -0.05) is 13.8 Å². The van der Waals surface area contributed by atoms with Crippen LogP contribution in [0.2, 0.25) is 0 Å². The van der Waals surface area contributed by atoms with E-state index in [9.17, 15) is 58.8 Å². The maximum Gasteiger partial charge on any atom is 0.417 e. The van der Waals surface area contributed by atoms with Gasteiger partial charge in [0.1, 0.15) is 12.7 Å². The number of halogens is 6. The number of ether oxygens (including phenoxy) is 2. The highest BCUT2D eigenvalue weighted by molar-refractivity contribution is 7.85. The summed E-state index contributed by atoms with van der Waals surface area (Å²) < 4.78 is 119. The standard InChI is InChI=1S/C27H46F6N2O9S/c1-9-23(6,21(38)44-18(3)13-25(8,39)27(31,32)33)14-24(7,20(37)43-11-10-34-15-26(28,29)30)12-17(2)19(36)35-22(4,5)16-45(40,41)42/h17-18,34,39H,9-16H2,1-8H3,(H,35,36)(H,40,41,42). The molecule has 4 N–H and O–H groups in total. The van der Waals surface area contributed by atoms with Crippen molar-refractivity contribution in [3.63, 3.8) is 0 Å². The largest absolute Gasteiger partial charge is 0.464 e. The van der Waals surface area contributed by atoms with Gasteiger partial charge in [0.2, 0.25) is 5.91 Å². The highest BCUT2D eigenvalue weighted by Gasteiger charge is 2.52. The van der Waals surface area contributed by atoms with Gasteiger partial charge in [-0.05, 0) is 60.8 Å². The third kappa shape index (κ3) is 15.3. The van der Waals surface area contributed by atoms with Crippen LogP contribution in [0.3, 0.4) is 0 Å². The average molecular weight is 689 g/mol. The van der Waals surface area contributed by atoms with Crippen LogP contribution in [0.5, 0.6) is 0 Å². The fourth-order valence-corrected chi connectivity index (χ4v) is 5.79. The lowest BCUT2D eigenvalue weighted by atomic mass is 9.68. The first-order valence-electron chi connectivity index (χ1n) is 14.1. The van der Waals surface area contributed by atoms with Gasteiger partial charge in [-0.25, -0.2) is 0 Å². The summed E-state index contributed by atoms with van der Waals surface area (Å²) in [6, 6.07) is 0. The second kappa shape index (κ2) is 15.6. The summed E-state index contributed by atoms with van der Waals surface area (Å²) in [6.45, 7) is 7.73. The molecule has 0 aromatic heterocycles. The lowest BCUT2D eigenvalue weighted by Gasteiger charge is -2.38. The lowest BCUT2D eigenvalue weighted by molar-refractivity contribution is -0.261. The molecule has 11 nitrogen and oxygen atoms in total. The zero-order chi connectivity index (χ0) is 35.9. The van der Waals surface area contributed by atoms with Crippen LogP contribution in [-0.2, 0) is 34.0 Å². The van der Waals surface area contributed by atoms with Crippen LogP contribution < -0.4 is 10.6 Å². The van der Waals surface area contributed by atoms with Crippen LogP contribution >= 0.6 is 0 Å². The summed E-state index contributed by atoms with van der Waals surface area (Å²) >= 11 is 0. The van der Waals surface area contributed by atoms with Crippen molar-refractivity contribution in [2.24, 2.45) is 16.7 Å². The third-order valence-electron chi connectivity index (χ3n) is 7.20. The van der Waals surface area contributed by atoms with Crippen LogP contribution in [0, 0.1) is 16.7 Å². The van der Waals surface area contributed by atoms with Crippen molar-refractivity contribution in [1.29, 1.82) is 0 Å². The molecule has 45 heavy (non-hydrogen) atoms. The number of hydrogen-bond donors (Lipinski definition) is 4. The summed E-state index contributed by atoms with van der Waals surface area (Å²) in [5, 5.41) is 14.3. The van der Waals surface area contributed by atoms with Gasteiger partial charge in [-0.15, -0.1) is 0 Å². The minimum atomic E-state index is -5.01. The Kier molecular flexibility index (Phi) is 14.9. The fraction of sp³-hybridized carbons (Fsp3) is 0.889. The van der Waals surface area contributed by atoms with Crippen LogP contribution in [0.15, 0.2) is 0 Å². The SMILES string of the molecule is CCC(C)(CC(C)(CC(C)C(=O)NC(C)(C)CS(=O)(=O)O)C(=O)OCCNCC(F)(F)F)C(=O)OC(C)CC(C)(O)C(F)(F)F. The molecule has 0 spiro atoms. The Labute approximate surface area is 259 Å². The van der Waals surface area contributed by atoms with E-state index in [2.05, 4.69) is 10.6 Å². The van der Waals surface area contributed by atoms with E-state index in [4.69, 9.17) is 9.47 Å². The molecule has 0 aliphatic rings. The van der Waals surface area contributed by atoms with Crippen molar-refractivity contribution in [3.8, 4) is 0 Å².